The van der Waals surface area contributed by atoms with Crippen molar-refractivity contribution < 1.29 is 4.79 Å². The van der Waals surface area contributed by atoms with Crippen LogP contribution in [0.4, 0.5) is 0 Å². The van der Waals surface area contributed by atoms with Gasteiger partial charge in [0.2, 0.25) is 0 Å². The summed E-state index contributed by atoms with van der Waals surface area (Å²) in [6.45, 7) is 0. The van der Waals surface area contributed by atoms with Gasteiger partial charge in [-0.15, -0.1) is 0 Å². The summed E-state index contributed by atoms with van der Waals surface area (Å²) >= 11 is 0. The zero-order valence-electron chi connectivity index (χ0n) is 22.4. The molecule has 0 amide bonds. The number of benzene rings is 5. The van der Waals surface area contributed by atoms with Gasteiger partial charge in [-0.25, -0.2) is 4.98 Å². The highest BCUT2D eigenvalue weighted by Crippen LogP contribution is 2.33. The molecule has 42 heavy (non-hydrogen) atoms. The normalized spacial score (nSPS) is 11.4. The number of nitrogens with zero attached hydrogens (tertiary/aromatic N) is 4. The van der Waals surface area contributed by atoms with Gasteiger partial charge in [0.05, 0.1) is 33.7 Å². The first-order chi connectivity index (χ1) is 20.7. The first kappa shape index (κ1) is 23.9. The van der Waals surface area contributed by atoms with Gasteiger partial charge in [-0.05, 0) is 54.6 Å². The molecule has 5 nitrogen and oxygen atoms in total. The second-order valence-corrected chi connectivity index (χ2v) is 10.3. The summed E-state index contributed by atoms with van der Waals surface area (Å²) < 4.78 is 4.25. The molecule has 0 fully saturated rings. The van der Waals surface area contributed by atoms with Crippen molar-refractivity contribution in [2.24, 2.45) is 0 Å². The van der Waals surface area contributed by atoms with Crippen molar-refractivity contribution in [1.82, 2.24) is 14.1 Å². The lowest BCUT2D eigenvalue weighted by molar-refractivity contribution is 0.103. The van der Waals surface area contributed by atoms with Crippen LogP contribution in [0.25, 0.3) is 55.1 Å². The van der Waals surface area contributed by atoms with Crippen molar-refractivity contribution >= 4 is 49.4 Å². The number of carbonyl (C=O) groups excluding carboxylic acids is 1. The van der Waals surface area contributed by atoms with Crippen molar-refractivity contribution in [3.05, 3.63) is 150 Å². The number of para-hydroxylation sites is 4. The van der Waals surface area contributed by atoms with Gasteiger partial charge < -0.3 is 4.57 Å². The minimum absolute atomic E-state index is 0.235. The largest absolute Gasteiger partial charge is 0.309 e. The van der Waals surface area contributed by atoms with Gasteiger partial charge in [0.1, 0.15) is 5.82 Å². The number of rotatable bonds is 4. The smallest absolute Gasteiger partial charge is 0.195 e. The lowest BCUT2D eigenvalue weighted by Gasteiger charge is -2.11. The summed E-state index contributed by atoms with van der Waals surface area (Å²) in [7, 11) is 0. The molecule has 8 aromatic rings. The highest BCUT2D eigenvalue weighted by Gasteiger charge is 2.19. The van der Waals surface area contributed by atoms with Gasteiger partial charge in [0, 0.05) is 44.6 Å². The molecule has 0 atom stereocenters. The first-order valence-electron chi connectivity index (χ1n) is 13.7. The monoisotopic (exact) mass is 538 g/mol. The van der Waals surface area contributed by atoms with E-state index in [4.69, 9.17) is 4.98 Å². The highest BCUT2D eigenvalue weighted by molar-refractivity contribution is 6.12. The predicted octanol–water partition coefficient (Wildman–Crippen LogP) is 8.38. The molecular formula is C37H22N4O. The quantitative estimate of drug-likeness (QED) is 0.211. The van der Waals surface area contributed by atoms with Gasteiger partial charge >= 0.3 is 0 Å². The summed E-state index contributed by atoms with van der Waals surface area (Å²) in [6.07, 6.45) is 1.60. The van der Waals surface area contributed by atoms with Crippen molar-refractivity contribution in [1.29, 1.82) is 5.26 Å². The Morgan fingerprint density at radius 1 is 0.595 bits per heavy atom. The molecule has 5 heteroatoms. The molecule has 8 rings (SSSR count). The maximum absolute atomic E-state index is 13.7. The number of hydrogen-bond donors (Lipinski definition) is 0. The summed E-state index contributed by atoms with van der Waals surface area (Å²) in [5.74, 6) is 0.493. The lowest BCUT2D eigenvalue weighted by atomic mass is 9.99. The third-order valence-corrected chi connectivity index (χ3v) is 8.03. The third-order valence-electron chi connectivity index (χ3n) is 8.03. The average molecular weight is 539 g/mol. The molecule has 3 heterocycles. The standard InChI is InChI=1S/C37H22N4O/c38-22-25-21-26(40-32-13-5-1-9-28(32)29-10-2-6-14-33(29)40)18-19-27(25)37(42)24-17-20-36(39-23-24)41-34-15-7-3-11-30(34)31-12-4-8-16-35(31)41/h1-21,23H. The maximum atomic E-state index is 13.7. The molecule has 0 aliphatic rings. The first-order valence-corrected chi connectivity index (χ1v) is 13.7. The zero-order valence-corrected chi connectivity index (χ0v) is 22.4. The van der Waals surface area contributed by atoms with Gasteiger partial charge in [0.15, 0.2) is 5.78 Å². The molecule has 0 saturated heterocycles. The van der Waals surface area contributed by atoms with E-state index in [1.807, 2.05) is 60.7 Å². The minimum atomic E-state index is -0.235. The van der Waals surface area contributed by atoms with Crippen LogP contribution in [0.3, 0.4) is 0 Å². The predicted molar refractivity (Wildman–Crippen MR) is 168 cm³/mol. The minimum Gasteiger partial charge on any atom is -0.309 e. The van der Waals surface area contributed by atoms with Crippen LogP contribution < -0.4 is 0 Å². The van der Waals surface area contributed by atoms with Gasteiger partial charge in [0.25, 0.3) is 0 Å². The van der Waals surface area contributed by atoms with Crippen LogP contribution in [0.2, 0.25) is 0 Å². The summed E-state index contributed by atoms with van der Waals surface area (Å²) in [6, 6.07) is 44.3. The second-order valence-electron chi connectivity index (χ2n) is 10.3. The molecule has 0 N–H and O–H groups in total. The Hall–Kier alpha value is -5.99. The average Bonchev–Trinajstić information content (AvgIpc) is 3.57. The molecule has 0 aliphatic carbocycles. The zero-order chi connectivity index (χ0) is 28.2. The van der Waals surface area contributed by atoms with Crippen LogP contribution in [-0.2, 0) is 0 Å². The summed E-state index contributed by atoms with van der Waals surface area (Å²) in [5, 5.41) is 14.7. The Bertz CT molecular complexity index is 2280. The summed E-state index contributed by atoms with van der Waals surface area (Å²) in [4.78, 5) is 18.4. The molecule has 0 spiro atoms. The van der Waals surface area contributed by atoms with Gasteiger partial charge in [-0.2, -0.15) is 5.26 Å². The van der Waals surface area contributed by atoms with Gasteiger partial charge in [-0.1, -0.05) is 72.8 Å². The molecule has 0 saturated carbocycles. The Labute approximate surface area is 241 Å². The van der Waals surface area contributed by atoms with E-state index in [1.54, 1.807) is 24.4 Å². The highest BCUT2D eigenvalue weighted by atomic mass is 16.1. The Kier molecular flexibility index (Phi) is 5.28. The fraction of sp³-hybridized carbons (Fsp3) is 0. The molecular weight excluding hydrogens is 516 g/mol. The second kappa shape index (κ2) is 9.29. The molecule has 196 valence electrons. The van der Waals surface area contributed by atoms with E-state index in [1.165, 1.54) is 0 Å². The van der Waals surface area contributed by atoms with Crippen LogP contribution in [0, 0.1) is 11.3 Å². The number of fused-ring (bicyclic) bond motifs is 6. The molecule has 0 radical (unpaired) electrons. The number of ketones is 1. The van der Waals surface area contributed by atoms with Crippen molar-refractivity contribution in [2.45, 2.75) is 0 Å². The van der Waals surface area contributed by atoms with Crippen molar-refractivity contribution in [3.63, 3.8) is 0 Å². The van der Waals surface area contributed by atoms with Crippen LogP contribution in [0.5, 0.6) is 0 Å². The molecule has 0 bridgehead atoms. The van der Waals surface area contributed by atoms with Crippen molar-refractivity contribution in [2.75, 3.05) is 0 Å². The van der Waals surface area contributed by atoms with E-state index in [9.17, 15) is 10.1 Å². The summed E-state index contributed by atoms with van der Waals surface area (Å²) in [5.41, 5.74) is 6.15. The SMILES string of the molecule is N#Cc1cc(-n2c3ccccc3c3ccccc32)ccc1C(=O)c1ccc(-n2c3ccccc3c3ccccc32)nc1. The molecule has 5 aromatic carbocycles. The maximum Gasteiger partial charge on any atom is 0.195 e. The third kappa shape index (κ3) is 3.49. The number of carbonyl (C=O) groups is 1. The Balaban J connectivity index is 1.20. The number of aromatic nitrogens is 3. The van der Waals surface area contributed by atoms with E-state index >= 15 is 0 Å². The fourth-order valence-corrected chi connectivity index (χ4v) is 6.14. The van der Waals surface area contributed by atoms with Crippen LogP contribution in [0.15, 0.2) is 134 Å². The Morgan fingerprint density at radius 3 is 1.57 bits per heavy atom. The number of nitriles is 1. The van der Waals surface area contributed by atoms with E-state index in [2.05, 4.69) is 63.7 Å². The van der Waals surface area contributed by atoms with E-state index < -0.39 is 0 Å². The van der Waals surface area contributed by atoms with Crippen LogP contribution >= 0.6 is 0 Å². The number of hydrogen-bond acceptors (Lipinski definition) is 3. The fourth-order valence-electron chi connectivity index (χ4n) is 6.14. The Morgan fingerprint density at radius 2 is 1.10 bits per heavy atom. The molecule has 3 aromatic heterocycles. The molecule has 0 aliphatic heterocycles. The lowest BCUT2D eigenvalue weighted by Crippen LogP contribution is -2.07. The van der Waals surface area contributed by atoms with E-state index in [0.717, 1.165) is 55.1 Å². The van der Waals surface area contributed by atoms with Crippen molar-refractivity contribution in [3.8, 4) is 17.6 Å². The topological polar surface area (TPSA) is 63.6 Å². The molecule has 0 unspecified atom stereocenters. The van der Waals surface area contributed by atoms with E-state index in [0.29, 0.717) is 16.7 Å². The van der Waals surface area contributed by atoms with Crippen LogP contribution in [0.1, 0.15) is 21.5 Å². The number of pyridine rings is 1. The van der Waals surface area contributed by atoms with Gasteiger partial charge in [-0.3, -0.25) is 9.36 Å². The van der Waals surface area contributed by atoms with E-state index in [-0.39, 0.29) is 5.78 Å². The van der Waals surface area contributed by atoms with Crippen LogP contribution in [-0.4, -0.2) is 19.9 Å².